The molecule has 0 fully saturated rings. The summed E-state index contributed by atoms with van der Waals surface area (Å²) in [6.07, 6.45) is -0.723. The van der Waals surface area contributed by atoms with Crippen LogP contribution in [0, 0.1) is 0 Å². The Morgan fingerprint density at radius 2 is 1.71 bits per heavy atom. The van der Waals surface area contributed by atoms with Gasteiger partial charge in [0.2, 0.25) is 5.91 Å². The van der Waals surface area contributed by atoms with Crippen molar-refractivity contribution in [3.63, 3.8) is 0 Å². The van der Waals surface area contributed by atoms with Gasteiger partial charge in [-0.1, -0.05) is 48.5 Å². The predicted molar refractivity (Wildman–Crippen MR) is 101 cm³/mol. The standard InChI is InChI=1S/C20H22N2O6/c1-27-17-10-6-5-9-15(17)11-16(19(24)25)22-18(23)12-21-20(26)28-13-14-7-3-2-4-8-14/h2-10,16H,11-13H2,1H3,(H,21,26)(H,22,23)(H,24,25)/t16-/m0/s1. The number of alkyl carbamates (subject to hydrolysis) is 1. The number of methoxy groups -OCH3 is 1. The van der Waals surface area contributed by atoms with Gasteiger partial charge in [-0.15, -0.1) is 0 Å². The van der Waals surface area contributed by atoms with Crippen molar-refractivity contribution in [3.05, 3.63) is 65.7 Å². The van der Waals surface area contributed by atoms with Crippen molar-refractivity contribution in [1.29, 1.82) is 0 Å². The number of hydrogen-bond acceptors (Lipinski definition) is 5. The van der Waals surface area contributed by atoms with E-state index < -0.39 is 30.6 Å². The van der Waals surface area contributed by atoms with Crippen LogP contribution in [0.3, 0.4) is 0 Å². The third-order valence-corrected chi connectivity index (χ3v) is 3.86. The molecular formula is C20H22N2O6. The summed E-state index contributed by atoms with van der Waals surface area (Å²) in [5.74, 6) is -1.30. The molecule has 3 N–H and O–H groups in total. The van der Waals surface area contributed by atoms with Crippen molar-refractivity contribution < 1.29 is 29.0 Å². The van der Waals surface area contributed by atoms with Gasteiger partial charge >= 0.3 is 12.1 Å². The van der Waals surface area contributed by atoms with Crippen molar-refractivity contribution in [2.45, 2.75) is 19.1 Å². The number of ether oxygens (including phenoxy) is 2. The third-order valence-electron chi connectivity index (χ3n) is 3.86. The minimum Gasteiger partial charge on any atom is -0.496 e. The van der Waals surface area contributed by atoms with Crippen LogP contribution in [0.4, 0.5) is 4.79 Å². The minimum atomic E-state index is -1.19. The summed E-state index contributed by atoms with van der Waals surface area (Å²) in [6, 6.07) is 14.9. The largest absolute Gasteiger partial charge is 0.496 e. The van der Waals surface area contributed by atoms with E-state index in [2.05, 4.69) is 10.6 Å². The SMILES string of the molecule is COc1ccccc1C[C@H](NC(=O)CNC(=O)OCc1ccccc1)C(=O)O. The Morgan fingerprint density at radius 1 is 1.04 bits per heavy atom. The summed E-state index contributed by atoms with van der Waals surface area (Å²) in [6.45, 7) is -0.330. The van der Waals surface area contributed by atoms with Gasteiger partial charge in [-0.25, -0.2) is 9.59 Å². The zero-order valence-corrected chi connectivity index (χ0v) is 15.4. The normalized spacial score (nSPS) is 11.2. The summed E-state index contributed by atoms with van der Waals surface area (Å²) in [7, 11) is 1.48. The molecule has 2 rings (SSSR count). The third kappa shape index (κ3) is 6.64. The van der Waals surface area contributed by atoms with Gasteiger partial charge in [0, 0.05) is 6.42 Å². The van der Waals surface area contributed by atoms with Gasteiger partial charge in [-0.05, 0) is 17.2 Å². The molecule has 0 saturated heterocycles. The Bertz CT molecular complexity index is 809. The van der Waals surface area contributed by atoms with Gasteiger partial charge in [0.25, 0.3) is 0 Å². The minimum absolute atomic E-state index is 0.0452. The highest BCUT2D eigenvalue weighted by molar-refractivity contribution is 5.86. The maximum Gasteiger partial charge on any atom is 0.407 e. The van der Waals surface area contributed by atoms with Crippen molar-refractivity contribution in [2.75, 3.05) is 13.7 Å². The highest BCUT2D eigenvalue weighted by Crippen LogP contribution is 2.19. The van der Waals surface area contributed by atoms with Crippen molar-refractivity contribution in [1.82, 2.24) is 10.6 Å². The molecule has 0 heterocycles. The molecule has 0 radical (unpaired) electrons. The Hall–Kier alpha value is -3.55. The Kier molecular flexibility index (Phi) is 7.83. The van der Waals surface area contributed by atoms with Gasteiger partial charge in [0.15, 0.2) is 0 Å². The van der Waals surface area contributed by atoms with Crippen molar-refractivity contribution in [2.24, 2.45) is 0 Å². The molecule has 2 aromatic rings. The van der Waals surface area contributed by atoms with E-state index in [-0.39, 0.29) is 13.0 Å². The van der Waals surface area contributed by atoms with E-state index in [1.807, 2.05) is 18.2 Å². The average molecular weight is 386 g/mol. The molecule has 0 aliphatic heterocycles. The molecule has 0 aliphatic carbocycles. The van der Waals surface area contributed by atoms with E-state index in [9.17, 15) is 19.5 Å². The molecule has 2 aromatic carbocycles. The maximum absolute atomic E-state index is 12.0. The predicted octanol–water partition coefficient (Wildman–Crippen LogP) is 1.73. The molecule has 2 amide bonds. The summed E-state index contributed by atoms with van der Waals surface area (Å²) < 4.78 is 10.2. The van der Waals surface area contributed by atoms with E-state index in [1.54, 1.807) is 36.4 Å². The number of aliphatic carboxylic acids is 1. The number of carboxylic acids is 1. The van der Waals surface area contributed by atoms with E-state index in [4.69, 9.17) is 9.47 Å². The van der Waals surface area contributed by atoms with Crippen molar-refractivity contribution in [3.8, 4) is 5.75 Å². The number of para-hydroxylation sites is 1. The van der Waals surface area contributed by atoms with E-state index in [0.29, 0.717) is 11.3 Å². The lowest BCUT2D eigenvalue weighted by atomic mass is 10.0. The van der Waals surface area contributed by atoms with Crippen LogP contribution in [0.5, 0.6) is 5.75 Å². The van der Waals surface area contributed by atoms with Gasteiger partial charge in [0.05, 0.1) is 7.11 Å². The number of nitrogens with one attached hydrogen (secondary N) is 2. The lowest BCUT2D eigenvalue weighted by Gasteiger charge is -2.16. The van der Waals surface area contributed by atoms with E-state index in [1.165, 1.54) is 7.11 Å². The van der Waals surface area contributed by atoms with Crippen LogP contribution < -0.4 is 15.4 Å². The van der Waals surface area contributed by atoms with Crippen LogP contribution in [-0.2, 0) is 27.4 Å². The summed E-state index contributed by atoms with van der Waals surface area (Å²) >= 11 is 0. The number of benzene rings is 2. The van der Waals surface area contributed by atoms with Crippen LogP contribution in [-0.4, -0.2) is 42.8 Å². The lowest BCUT2D eigenvalue weighted by molar-refractivity contribution is -0.141. The molecule has 0 aliphatic rings. The summed E-state index contributed by atoms with van der Waals surface area (Å²) in [4.78, 5) is 35.1. The molecule has 148 valence electrons. The molecule has 0 spiro atoms. The first-order valence-corrected chi connectivity index (χ1v) is 8.58. The number of carbonyl (C=O) groups excluding carboxylic acids is 2. The summed E-state index contributed by atoms with van der Waals surface area (Å²) in [5, 5.41) is 14.0. The summed E-state index contributed by atoms with van der Waals surface area (Å²) in [5.41, 5.74) is 1.46. The lowest BCUT2D eigenvalue weighted by Crippen LogP contribution is -2.46. The quantitative estimate of drug-likeness (QED) is 0.605. The number of rotatable bonds is 9. The van der Waals surface area contributed by atoms with Crippen LogP contribution in [0.15, 0.2) is 54.6 Å². The Morgan fingerprint density at radius 3 is 2.39 bits per heavy atom. The second-order valence-electron chi connectivity index (χ2n) is 5.89. The first-order valence-electron chi connectivity index (χ1n) is 8.58. The number of carboxylic acid groups (broad SMARTS) is 1. The first kappa shape index (κ1) is 20.8. The first-order chi connectivity index (χ1) is 13.5. The van der Waals surface area contributed by atoms with Crippen LogP contribution >= 0.6 is 0 Å². The zero-order valence-electron chi connectivity index (χ0n) is 15.4. The van der Waals surface area contributed by atoms with Crippen LogP contribution in [0.25, 0.3) is 0 Å². The maximum atomic E-state index is 12.0. The highest BCUT2D eigenvalue weighted by Gasteiger charge is 2.22. The molecule has 0 saturated carbocycles. The topological polar surface area (TPSA) is 114 Å². The second-order valence-corrected chi connectivity index (χ2v) is 5.89. The van der Waals surface area contributed by atoms with Gasteiger partial charge in [-0.2, -0.15) is 0 Å². The number of amides is 2. The van der Waals surface area contributed by atoms with Crippen LogP contribution in [0.2, 0.25) is 0 Å². The fraction of sp³-hybridized carbons (Fsp3) is 0.250. The smallest absolute Gasteiger partial charge is 0.407 e. The zero-order chi connectivity index (χ0) is 20.4. The number of hydrogen-bond donors (Lipinski definition) is 3. The molecule has 1 atom stereocenters. The van der Waals surface area contributed by atoms with E-state index >= 15 is 0 Å². The van der Waals surface area contributed by atoms with Gasteiger partial charge in [0.1, 0.15) is 24.9 Å². The molecule has 0 unspecified atom stereocenters. The Labute approximate surface area is 162 Å². The number of carbonyl (C=O) groups is 3. The van der Waals surface area contributed by atoms with Crippen molar-refractivity contribution >= 4 is 18.0 Å². The van der Waals surface area contributed by atoms with E-state index in [0.717, 1.165) is 5.56 Å². The molecular weight excluding hydrogens is 364 g/mol. The van der Waals surface area contributed by atoms with Gasteiger partial charge < -0.3 is 25.2 Å². The monoisotopic (exact) mass is 386 g/mol. The Balaban J connectivity index is 1.81. The molecule has 0 bridgehead atoms. The fourth-order valence-electron chi connectivity index (χ4n) is 2.46. The fourth-order valence-corrected chi connectivity index (χ4v) is 2.46. The average Bonchev–Trinajstić information content (AvgIpc) is 2.71. The van der Waals surface area contributed by atoms with Gasteiger partial charge in [-0.3, -0.25) is 4.79 Å². The highest BCUT2D eigenvalue weighted by atomic mass is 16.5. The molecule has 8 heteroatoms. The molecule has 0 aromatic heterocycles. The second kappa shape index (κ2) is 10.6. The molecule has 28 heavy (non-hydrogen) atoms. The van der Waals surface area contributed by atoms with Crippen LogP contribution in [0.1, 0.15) is 11.1 Å². The molecule has 8 nitrogen and oxygen atoms in total.